The van der Waals surface area contributed by atoms with Crippen molar-refractivity contribution in [1.82, 2.24) is 5.32 Å². The van der Waals surface area contributed by atoms with Crippen molar-refractivity contribution in [3.8, 4) is 6.07 Å². The molecule has 1 rings (SSSR count). The first kappa shape index (κ1) is 13.5. The summed E-state index contributed by atoms with van der Waals surface area (Å²) in [5, 5.41) is 11.6. The van der Waals surface area contributed by atoms with Gasteiger partial charge in [0.25, 0.3) is 5.91 Å². The molecule has 0 bridgehead atoms. The van der Waals surface area contributed by atoms with E-state index in [4.69, 9.17) is 9.68 Å². The molecule has 4 nitrogen and oxygen atoms in total. The average Bonchev–Trinajstić information content (AvgIpc) is 2.71. The lowest BCUT2D eigenvalue weighted by molar-refractivity contribution is -0.117. The molecule has 5 heteroatoms. The number of amides is 1. The number of nitrogens with zero attached hydrogens (tertiary/aromatic N) is 1. The van der Waals surface area contributed by atoms with E-state index in [2.05, 4.69) is 21.2 Å². The molecule has 0 aliphatic heterocycles. The fourth-order valence-corrected chi connectivity index (χ4v) is 1.42. The molecule has 0 saturated heterocycles. The monoisotopic (exact) mass is 296 g/mol. The van der Waals surface area contributed by atoms with Crippen molar-refractivity contribution in [3.63, 3.8) is 0 Å². The van der Waals surface area contributed by atoms with E-state index in [1.165, 1.54) is 6.08 Å². The molecule has 0 aliphatic carbocycles. The summed E-state index contributed by atoms with van der Waals surface area (Å²) in [7, 11) is 0. The molecule has 0 aliphatic rings. The molecule has 1 aromatic heterocycles. The summed E-state index contributed by atoms with van der Waals surface area (Å²) in [6.45, 7) is 3.85. The van der Waals surface area contributed by atoms with Crippen LogP contribution in [0, 0.1) is 11.3 Å². The Bertz CT molecular complexity index is 471. The first-order valence-corrected chi connectivity index (χ1v) is 6.04. The van der Waals surface area contributed by atoms with Crippen molar-refractivity contribution < 1.29 is 9.21 Å². The van der Waals surface area contributed by atoms with Crippen LogP contribution in [0.5, 0.6) is 0 Å². The Hall–Kier alpha value is -1.54. The van der Waals surface area contributed by atoms with Crippen LogP contribution in [0.4, 0.5) is 0 Å². The van der Waals surface area contributed by atoms with Crippen LogP contribution >= 0.6 is 15.9 Å². The lowest BCUT2D eigenvalue weighted by Gasteiger charge is -2.09. The maximum atomic E-state index is 11.7. The zero-order valence-electron chi connectivity index (χ0n) is 9.66. The first-order chi connectivity index (χ1) is 8.06. The lowest BCUT2D eigenvalue weighted by Crippen LogP contribution is -2.32. The highest BCUT2D eigenvalue weighted by atomic mass is 79.9. The third-order valence-corrected chi connectivity index (χ3v) is 2.66. The van der Waals surface area contributed by atoms with Gasteiger partial charge in [-0.15, -0.1) is 0 Å². The number of carbonyl (C=O) groups excluding carboxylic acids is 1. The van der Waals surface area contributed by atoms with Gasteiger partial charge in [0.15, 0.2) is 4.67 Å². The minimum atomic E-state index is -0.380. The second kappa shape index (κ2) is 6.26. The van der Waals surface area contributed by atoms with Gasteiger partial charge >= 0.3 is 0 Å². The molecule has 1 heterocycles. The minimum Gasteiger partial charge on any atom is -0.450 e. The summed E-state index contributed by atoms with van der Waals surface area (Å²) in [6.07, 6.45) is 2.24. The maximum absolute atomic E-state index is 11.7. The molecule has 0 fully saturated rings. The molecule has 0 radical (unpaired) electrons. The van der Waals surface area contributed by atoms with E-state index in [0.29, 0.717) is 10.4 Å². The Balaban J connectivity index is 2.82. The molecule has 0 unspecified atom stereocenters. The predicted molar refractivity (Wildman–Crippen MR) is 67.9 cm³/mol. The second-order valence-electron chi connectivity index (χ2n) is 3.59. The fourth-order valence-electron chi connectivity index (χ4n) is 1.10. The Morgan fingerprint density at radius 3 is 2.88 bits per heavy atom. The molecule has 90 valence electrons. The average molecular weight is 297 g/mol. The quantitative estimate of drug-likeness (QED) is 0.686. The van der Waals surface area contributed by atoms with Crippen LogP contribution in [0.25, 0.3) is 6.08 Å². The fraction of sp³-hybridized carbons (Fsp3) is 0.333. The van der Waals surface area contributed by atoms with Crippen LogP contribution in [0.15, 0.2) is 26.8 Å². The van der Waals surface area contributed by atoms with Gasteiger partial charge in [-0.25, -0.2) is 0 Å². The van der Waals surface area contributed by atoms with Crippen molar-refractivity contribution in [2.75, 3.05) is 0 Å². The number of hydrogen-bond acceptors (Lipinski definition) is 3. The standard InChI is InChI=1S/C12H13BrN2O2/c1-3-8(2)15-12(16)9(7-14)6-10-4-5-11(13)17-10/h4-6,8H,3H2,1-2H3,(H,15,16)/b9-6+/t8-/m0/s1. The molecule has 1 N–H and O–H groups in total. The zero-order chi connectivity index (χ0) is 12.8. The number of furan rings is 1. The SMILES string of the molecule is CC[C@H](C)NC(=O)/C(C#N)=C/c1ccc(Br)o1. The Labute approximate surface area is 108 Å². The van der Waals surface area contributed by atoms with Gasteiger partial charge in [-0.1, -0.05) is 6.92 Å². The van der Waals surface area contributed by atoms with Gasteiger partial charge in [-0.3, -0.25) is 4.79 Å². The summed E-state index contributed by atoms with van der Waals surface area (Å²) in [4.78, 5) is 11.7. The van der Waals surface area contributed by atoms with Crippen LogP contribution in [-0.2, 0) is 4.79 Å². The molecular weight excluding hydrogens is 284 g/mol. The third kappa shape index (κ3) is 4.08. The zero-order valence-corrected chi connectivity index (χ0v) is 11.2. The van der Waals surface area contributed by atoms with Gasteiger partial charge in [-0.05, 0) is 41.4 Å². The minimum absolute atomic E-state index is 0.0344. The summed E-state index contributed by atoms with van der Waals surface area (Å²) >= 11 is 3.15. The molecule has 1 aromatic rings. The summed E-state index contributed by atoms with van der Waals surface area (Å²) in [5.41, 5.74) is 0.0344. The molecule has 0 spiro atoms. The Morgan fingerprint density at radius 2 is 2.41 bits per heavy atom. The van der Waals surface area contributed by atoms with Crippen molar-refractivity contribution >= 4 is 27.9 Å². The summed E-state index contributed by atoms with van der Waals surface area (Å²) in [5.74, 6) is 0.0853. The van der Waals surface area contributed by atoms with E-state index in [1.54, 1.807) is 12.1 Å². The van der Waals surface area contributed by atoms with Crippen LogP contribution in [0.2, 0.25) is 0 Å². The Kier molecular flexibility index (Phi) is 4.98. The molecular formula is C12H13BrN2O2. The van der Waals surface area contributed by atoms with E-state index in [9.17, 15) is 4.79 Å². The van der Waals surface area contributed by atoms with Crippen molar-refractivity contribution in [1.29, 1.82) is 5.26 Å². The molecule has 17 heavy (non-hydrogen) atoms. The van der Waals surface area contributed by atoms with Crippen LogP contribution in [-0.4, -0.2) is 11.9 Å². The van der Waals surface area contributed by atoms with E-state index in [0.717, 1.165) is 6.42 Å². The van der Waals surface area contributed by atoms with E-state index >= 15 is 0 Å². The number of carbonyl (C=O) groups is 1. The van der Waals surface area contributed by atoms with Crippen molar-refractivity contribution in [2.24, 2.45) is 0 Å². The predicted octanol–water partition coefficient (Wildman–Crippen LogP) is 2.86. The van der Waals surface area contributed by atoms with Crippen LogP contribution in [0.1, 0.15) is 26.0 Å². The molecule has 0 saturated carbocycles. The Morgan fingerprint density at radius 1 is 1.71 bits per heavy atom. The van der Waals surface area contributed by atoms with Gasteiger partial charge in [0.1, 0.15) is 17.4 Å². The molecule has 1 amide bonds. The van der Waals surface area contributed by atoms with Gasteiger partial charge in [0.05, 0.1) is 0 Å². The topological polar surface area (TPSA) is 66.0 Å². The van der Waals surface area contributed by atoms with E-state index in [1.807, 2.05) is 19.9 Å². The number of nitrogens with one attached hydrogen (secondary N) is 1. The van der Waals surface area contributed by atoms with Gasteiger partial charge in [-0.2, -0.15) is 5.26 Å². The van der Waals surface area contributed by atoms with Crippen molar-refractivity contribution in [3.05, 3.63) is 28.1 Å². The first-order valence-electron chi connectivity index (χ1n) is 5.24. The second-order valence-corrected chi connectivity index (χ2v) is 4.38. The van der Waals surface area contributed by atoms with Crippen molar-refractivity contribution in [2.45, 2.75) is 26.3 Å². The largest absolute Gasteiger partial charge is 0.450 e. The van der Waals surface area contributed by atoms with Crippen LogP contribution in [0.3, 0.4) is 0 Å². The highest BCUT2D eigenvalue weighted by Gasteiger charge is 2.12. The number of rotatable bonds is 4. The normalized spacial score (nSPS) is 12.9. The number of hydrogen-bond donors (Lipinski definition) is 1. The van der Waals surface area contributed by atoms with Gasteiger partial charge in [0.2, 0.25) is 0 Å². The van der Waals surface area contributed by atoms with E-state index in [-0.39, 0.29) is 17.5 Å². The number of halogens is 1. The maximum Gasteiger partial charge on any atom is 0.262 e. The highest BCUT2D eigenvalue weighted by Crippen LogP contribution is 2.16. The summed E-state index contributed by atoms with van der Waals surface area (Å²) in [6, 6.07) is 5.29. The van der Waals surface area contributed by atoms with Gasteiger partial charge < -0.3 is 9.73 Å². The lowest BCUT2D eigenvalue weighted by atomic mass is 10.2. The van der Waals surface area contributed by atoms with Gasteiger partial charge in [0, 0.05) is 12.1 Å². The third-order valence-electron chi connectivity index (χ3n) is 2.24. The smallest absolute Gasteiger partial charge is 0.262 e. The molecule has 0 aromatic carbocycles. The van der Waals surface area contributed by atoms with E-state index < -0.39 is 0 Å². The number of nitriles is 1. The molecule has 1 atom stereocenters. The summed E-state index contributed by atoms with van der Waals surface area (Å²) < 4.78 is 5.77. The highest BCUT2D eigenvalue weighted by molar-refractivity contribution is 9.10. The van der Waals surface area contributed by atoms with Crippen LogP contribution < -0.4 is 5.32 Å².